The molecule has 0 heterocycles. The Kier molecular flexibility index (Phi) is 13.6. The quantitative estimate of drug-likeness (QED) is 0.277. The Balaban J connectivity index is 0. The molecule has 0 rings (SSSR count). The number of rotatable bonds is 8. The molecule has 0 aliphatic rings. The third-order valence-electron chi connectivity index (χ3n) is 2.24. The van der Waals surface area contributed by atoms with E-state index in [9.17, 15) is 14.7 Å². The van der Waals surface area contributed by atoms with Crippen LogP contribution in [0.25, 0.3) is 0 Å². The van der Waals surface area contributed by atoms with Gasteiger partial charge in [0.2, 0.25) is 5.91 Å². The topological polar surface area (TPSA) is 60.4 Å². The second-order valence-electron chi connectivity index (χ2n) is 3.71. The summed E-state index contributed by atoms with van der Waals surface area (Å²) in [6, 6.07) is 0. The molecule has 0 aromatic carbocycles. The predicted octanol–water partition coefficient (Wildman–Crippen LogP) is -2.27. The van der Waals surface area contributed by atoms with E-state index in [2.05, 4.69) is 19.1 Å². The molecule has 17 heavy (non-hydrogen) atoms. The van der Waals surface area contributed by atoms with Crippen molar-refractivity contribution in [3.8, 4) is 0 Å². The van der Waals surface area contributed by atoms with Crippen molar-refractivity contribution < 1.29 is 44.3 Å². The minimum atomic E-state index is -1.12. The van der Waals surface area contributed by atoms with Crippen LogP contribution in [0, 0.1) is 0 Å². The monoisotopic (exact) mass is 249 g/mol. The van der Waals surface area contributed by atoms with Crippen LogP contribution in [0.4, 0.5) is 0 Å². The number of unbranched alkanes of at least 4 members (excludes halogenated alkanes) is 1. The van der Waals surface area contributed by atoms with Crippen molar-refractivity contribution in [3.05, 3.63) is 12.2 Å². The summed E-state index contributed by atoms with van der Waals surface area (Å²) in [5.41, 5.74) is 0. The van der Waals surface area contributed by atoms with Crippen molar-refractivity contribution in [2.75, 3.05) is 13.6 Å². The Morgan fingerprint density at radius 2 is 1.88 bits per heavy atom. The van der Waals surface area contributed by atoms with Gasteiger partial charge in [-0.15, -0.1) is 0 Å². The van der Waals surface area contributed by atoms with Gasteiger partial charge in [-0.25, -0.2) is 0 Å². The number of allylic oxidation sites excluding steroid dienone is 2. The minimum absolute atomic E-state index is 0. The van der Waals surface area contributed by atoms with E-state index in [0.29, 0.717) is 6.42 Å². The van der Waals surface area contributed by atoms with Gasteiger partial charge in [0.15, 0.2) is 0 Å². The fourth-order valence-corrected chi connectivity index (χ4v) is 1.23. The zero-order valence-corrected chi connectivity index (χ0v) is 13.1. The van der Waals surface area contributed by atoms with E-state index in [1.807, 2.05) is 0 Å². The Hall–Kier alpha value is -0.320. The maximum atomic E-state index is 11.5. The van der Waals surface area contributed by atoms with Crippen LogP contribution in [0.5, 0.6) is 0 Å². The molecule has 0 bridgehead atoms. The van der Waals surface area contributed by atoms with Crippen molar-refractivity contribution in [1.82, 2.24) is 4.90 Å². The summed E-state index contributed by atoms with van der Waals surface area (Å²) in [5.74, 6) is -1.13. The molecule has 0 aliphatic carbocycles. The van der Waals surface area contributed by atoms with Gasteiger partial charge in [0.25, 0.3) is 0 Å². The summed E-state index contributed by atoms with van der Waals surface area (Å²) in [6.07, 6.45) is 7.23. The molecule has 0 unspecified atom stereocenters. The molecular formula is C12H20NNaO3. The predicted molar refractivity (Wildman–Crippen MR) is 60.5 cm³/mol. The van der Waals surface area contributed by atoms with Gasteiger partial charge >= 0.3 is 29.6 Å². The normalized spacial score (nSPS) is 10.0. The molecule has 0 fully saturated rings. The van der Waals surface area contributed by atoms with Crippen molar-refractivity contribution in [2.45, 2.75) is 39.0 Å². The minimum Gasteiger partial charge on any atom is -0.550 e. The smallest absolute Gasteiger partial charge is 0.550 e. The number of carboxylic acid groups (broad SMARTS) is 1. The first-order chi connectivity index (χ1) is 7.57. The molecule has 0 aliphatic heterocycles. The second kappa shape index (κ2) is 12.1. The van der Waals surface area contributed by atoms with Crippen molar-refractivity contribution in [3.63, 3.8) is 0 Å². The average Bonchev–Trinajstić information content (AvgIpc) is 2.25. The SMILES string of the molecule is CC/C=C/CCCC(=O)N(C)CCC(=O)[O-].[Na+]. The van der Waals surface area contributed by atoms with Gasteiger partial charge in [-0.2, -0.15) is 0 Å². The van der Waals surface area contributed by atoms with E-state index in [1.54, 1.807) is 7.05 Å². The van der Waals surface area contributed by atoms with Gasteiger partial charge in [-0.3, -0.25) is 4.79 Å². The van der Waals surface area contributed by atoms with E-state index >= 15 is 0 Å². The second-order valence-corrected chi connectivity index (χ2v) is 3.71. The summed E-state index contributed by atoms with van der Waals surface area (Å²) in [4.78, 5) is 23.1. The zero-order valence-electron chi connectivity index (χ0n) is 11.1. The largest absolute Gasteiger partial charge is 1.00 e. The van der Waals surface area contributed by atoms with Crippen molar-refractivity contribution >= 4 is 11.9 Å². The third kappa shape index (κ3) is 11.9. The first-order valence-corrected chi connectivity index (χ1v) is 5.66. The van der Waals surface area contributed by atoms with Gasteiger partial charge in [-0.05, 0) is 19.3 Å². The van der Waals surface area contributed by atoms with Crippen LogP contribution >= 0.6 is 0 Å². The maximum Gasteiger partial charge on any atom is 1.00 e. The van der Waals surface area contributed by atoms with Gasteiger partial charge in [0, 0.05) is 32.4 Å². The average molecular weight is 249 g/mol. The number of nitrogens with zero attached hydrogens (tertiary/aromatic N) is 1. The number of carboxylic acids is 1. The standard InChI is InChI=1S/C12H21NO3.Na/c1-3-4-5-6-7-8-11(14)13(2)10-9-12(15)16;/h4-5H,3,6-10H2,1-2H3,(H,15,16);/q;+1/p-1/b5-4+;. The fraction of sp³-hybridized carbons (Fsp3) is 0.667. The number of carbonyl (C=O) groups is 2. The van der Waals surface area contributed by atoms with E-state index in [4.69, 9.17) is 0 Å². The summed E-state index contributed by atoms with van der Waals surface area (Å²) in [5, 5.41) is 10.2. The van der Waals surface area contributed by atoms with Crippen LogP contribution in [-0.2, 0) is 9.59 Å². The Morgan fingerprint density at radius 3 is 2.41 bits per heavy atom. The van der Waals surface area contributed by atoms with Gasteiger partial charge in [-0.1, -0.05) is 19.1 Å². The number of carbonyl (C=O) groups excluding carboxylic acids is 2. The molecule has 92 valence electrons. The summed E-state index contributed by atoms with van der Waals surface area (Å²) < 4.78 is 0. The van der Waals surface area contributed by atoms with Crippen LogP contribution in [0.1, 0.15) is 39.0 Å². The third-order valence-corrected chi connectivity index (χ3v) is 2.24. The first-order valence-electron chi connectivity index (χ1n) is 5.66. The molecule has 0 saturated heterocycles. The van der Waals surface area contributed by atoms with E-state index in [-0.39, 0.29) is 48.4 Å². The van der Waals surface area contributed by atoms with Crippen LogP contribution in [0.15, 0.2) is 12.2 Å². The van der Waals surface area contributed by atoms with Crippen LogP contribution in [-0.4, -0.2) is 30.4 Å². The molecule has 1 amide bonds. The zero-order chi connectivity index (χ0) is 12.4. The van der Waals surface area contributed by atoms with Crippen LogP contribution < -0.4 is 34.7 Å². The molecular weight excluding hydrogens is 229 g/mol. The van der Waals surface area contributed by atoms with Crippen molar-refractivity contribution in [2.24, 2.45) is 0 Å². The van der Waals surface area contributed by atoms with Gasteiger partial charge in [0.1, 0.15) is 0 Å². The van der Waals surface area contributed by atoms with E-state index in [1.165, 1.54) is 4.90 Å². The number of aliphatic carboxylic acids is 1. The maximum absolute atomic E-state index is 11.5. The molecule has 0 radical (unpaired) electrons. The number of hydrogen-bond donors (Lipinski definition) is 0. The molecule has 0 saturated carbocycles. The van der Waals surface area contributed by atoms with E-state index in [0.717, 1.165) is 19.3 Å². The Labute approximate surface area is 125 Å². The molecule has 0 aromatic heterocycles. The number of amides is 1. The van der Waals surface area contributed by atoms with Gasteiger partial charge in [0.05, 0.1) is 0 Å². The Bertz CT molecular complexity index is 254. The number of hydrogen-bond acceptors (Lipinski definition) is 3. The molecule has 4 nitrogen and oxygen atoms in total. The van der Waals surface area contributed by atoms with Gasteiger partial charge < -0.3 is 14.8 Å². The Morgan fingerprint density at radius 1 is 1.24 bits per heavy atom. The molecule has 0 aromatic rings. The fourth-order valence-electron chi connectivity index (χ4n) is 1.23. The first kappa shape index (κ1) is 19.0. The van der Waals surface area contributed by atoms with Crippen molar-refractivity contribution in [1.29, 1.82) is 0 Å². The molecule has 5 heteroatoms. The molecule has 0 N–H and O–H groups in total. The van der Waals surface area contributed by atoms with Crippen LogP contribution in [0.2, 0.25) is 0 Å². The summed E-state index contributed by atoms with van der Waals surface area (Å²) in [7, 11) is 1.62. The van der Waals surface area contributed by atoms with E-state index < -0.39 is 5.97 Å². The molecule has 0 atom stereocenters. The summed E-state index contributed by atoms with van der Waals surface area (Å²) >= 11 is 0. The summed E-state index contributed by atoms with van der Waals surface area (Å²) in [6.45, 7) is 2.29. The molecule has 0 spiro atoms. The van der Waals surface area contributed by atoms with Crippen LogP contribution in [0.3, 0.4) is 0 Å².